The van der Waals surface area contributed by atoms with E-state index in [2.05, 4.69) is 24.6 Å². The van der Waals surface area contributed by atoms with Crippen molar-refractivity contribution in [1.82, 2.24) is 0 Å². The molecule has 62 valence electrons. The summed E-state index contributed by atoms with van der Waals surface area (Å²) >= 11 is 7.65. The topological polar surface area (TPSA) is 3.88 Å². The number of thiazole rings is 1. The number of nitrogens with zero attached hydrogens (tertiary/aromatic N) is 1. The van der Waals surface area contributed by atoms with Gasteiger partial charge in [-0.2, -0.15) is 4.57 Å². The van der Waals surface area contributed by atoms with Crippen LogP contribution in [0, 0.1) is 6.92 Å². The third kappa shape index (κ3) is 1.11. The highest BCUT2D eigenvalue weighted by Crippen LogP contribution is 2.22. The molecule has 0 N–H and O–H groups in total. The Balaban J connectivity index is 2.87. The van der Waals surface area contributed by atoms with E-state index in [9.17, 15) is 0 Å². The molecule has 0 spiro atoms. The van der Waals surface area contributed by atoms with E-state index in [1.54, 1.807) is 11.3 Å². The Labute approximate surface area is 80.2 Å². The summed E-state index contributed by atoms with van der Waals surface area (Å²) in [4.78, 5) is 0. The van der Waals surface area contributed by atoms with Crippen molar-refractivity contribution in [3.8, 4) is 0 Å². The maximum Gasteiger partial charge on any atom is 0.234 e. The first-order valence-electron chi connectivity index (χ1n) is 3.73. The summed E-state index contributed by atoms with van der Waals surface area (Å²) in [5.41, 5.74) is 1.25. The van der Waals surface area contributed by atoms with E-state index in [0.717, 1.165) is 5.02 Å². The Morgan fingerprint density at radius 2 is 2.17 bits per heavy atom. The van der Waals surface area contributed by atoms with Gasteiger partial charge in [0.05, 0.1) is 0 Å². The van der Waals surface area contributed by atoms with Crippen LogP contribution in [0.5, 0.6) is 0 Å². The molecule has 0 saturated carbocycles. The zero-order valence-corrected chi connectivity index (χ0v) is 8.54. The fourth-order valence-electron chi connectivity index (χ4n) is 1.24. The summed E-state index contributed by atoms with van der Waals surface area (Å²) < 4.78 is 3.43. The van der Waals surface area contributed by atoms with Gasteiger partial charge in [-0.1, -0.05) is 22.9 Å². The summed E-state index contributed by atoms with van der Waals surface area (Å²) in [6, 6.07) is 5.99. The van der Waals surface area contributed by atoms with Crippen LogP contribution in [-0.2, 0) is 7.05 Å². The SMILES string of the molecule is Cc1sc2cc(Cl)ccc2[n+]1C. The lowest BCUT2D eigenvalue weighted by molar-refractivity contribution is -0.646. The highest BCUT2D eigenvalue weighted by atomic mass is 35.5. The van der Waals surface area contributed by atoms with Crippen LogP contribution in [0.15, 0.2) is 18.2 Å². The fourth-order valence-corrected chi connectivity index (χ4v) is 2.53. The Kier molecular flexibility index (Phi) is 1.81. The number of rotatable bonds is 0. The molecule has 0 radical (unpaired) electrons. The third-order valence-corrected chi connectivity index (χ3v) is 3.36. The number of hydrogen-bond acceptors (Lipinski definition) is 1. The van der Waals surface area contributed by atoms with Gasteiger partial charge in [-0.3, -0.25) is 0 Å². The molecule has 1 nitrogen and oxygen atoms in total. The molecule has 1 aromatic heterocycles. The number of aromatic nitrogens is 1. The van der Waals surface area contributed by atoms with Gasteiger partial charge in [-0.15, -0.1) is 0 Å². The molecule has 0 bridgehead atoms. The molecule has 0 atom stereocenters. The van der Waals surface area contributed by atoms with Crippen LogP contribution in [-0.4, -0.2) is 0 Å². The molecule has 1 heterocycles. The van der Waals surface area contributed by atoms with Crippen LogP contribution < -0.4 is 4.57 Å². The summed E-state index contributed by atoms with van der Waals surface area (Å²) in [5, 5.41) is 2.11. The molecule has 2 rings (SSSR count). The van der Waals surface area contributed by atoms with Crippen LogP contribution in [0.4, 0.5) is 0 Å². The van der Waals surface area contributed by atoms with Gasteiger partial charge < -0.3 is 0 Å². The van der Waals surface area contributed by atoms with Gasteiger partial charge in [-0.05, 0) is 12.1 Å². The highest BCUT2D eigenvalue weighted by molar-refractivity contribution is 7.18. The van der Waals surface area contributed by atoms with E-state index in [4.69, 9.17) is 11.6 Å². The van der Waals surface area contributed by atoms with E-state index in [-0.39, 0.29) is 0 Å². The minimum Gasteiger partial charge on any atom is -0.189 e. The number of hydrogen-bond donors (Lipinski definition) is 0. The predicted octanol–water partition coefficient (Wildman–Crippen LogP) is 2.69. The van der Waals surface area contributed by atoms with Crippen LogP contribution in [0.3, 0.4) is 0 Å². The lowest BCUT2D eigenvalue weighted by Gasteiger charge is -1.86. The lowest BCUT2D eigenvalue weighted by Crippen LogP contribution is -2.28. The van der Waals surface area contributed by atoms with Gasteiger partial charge in [0.1, 0.15) is 11.7 Å². The molecular weight excluding hydrogens is 190 g/mol. The third-order valence-electron chi connectivity index (χ3n) is 2.01. The zero-order chi connectivity index (χ0) is 8.72. The van der Waals surface area contributed by atoms with Crippen molar-refractivity contribution in [2.75, 3.05) is 0 Å². The highest BCUT2D eigenvalue weighted by Gasteiger charge is 2.11. The number of benzene rings is 1. The van der Waals surface area contributed by atoms with Crippen LogP contribution in [0.25, 0.3) is 10.2 Å². The monoisotopic (exact) mass is 198 g/mol. The first-order chi connectivity index (χ1) is 5.68. The molecule has 0 aliphatic rings. The molecule has 0 saturated heterocycles. The number of fused-ring (bicyclic) bond motifs is 1. The van der Waals surface area contributed by atoms with Crippen LogP contribution in [0.2, 0.25) is 5.02 Å². The molecule has 0 fully saturated rings. The minimum absolute atomic E-state index is 0.810. The van der Waals surface area contributed by atoms with Crippen LogP contribution in [0.1, 0.15) is 5.01 Å². The van der Waals surface area contributed by atoms with E-state index in [0.29, 0.717) is 0 Å². The molecule has 12 heavy (non-hydrogen) atoms. The summed E-state index contributed by atoms with van der Waals surface area (Å²) in [5.74, 6) is 0. The lowest BCUT2D eigenvalue weighted by atomic mass is 10.3. The molecule has 2 aromatic rings. The fraction of sp³-hybridized carbons (Fsp3) is 0.222. The van der Waals surface area contributed by atoms with E-state index in [1.165, 1.54) is 15.2 Å². The summed E-state index contributed by atoms with van der Waals surface area (Å²) in [6.07, 6.45) is 0. The molecule has 0 aliphatic carbocycles. The van der Waals surface area contributed by atoms with E-state index in [1.807, 2.05) is 12.1 Å². The zero-order valence-electron chi connectivity index (χ0n) is 6.97. The first-order valence-corrected chi connectivity index (χ1v) is 4.92. The molecular formula is C9H9ClNS+. The average molecular weight is 199 g/mol. The van der Waals surface area contributed by atoms with E-state index >= 15 is 0 Å². The predicted molar refractivity (Wildman–Crippen MR) is 52.7 cm³/mol. The maximum atomic E-state index is 5.88. The number of aryl methyl sites for hydroxylation is 2. The second-order valence-corrected chi connectivity index (χ2v) is 4.46. The van der Waals surface area contributed by atoms with Crippen molar-refractivity contribution in [3.05, 3.63) is 28.2 Å². The Bertz CT molecular complexity index is 433. The second kappa shape index (κ2) is 2.71. The quantitative estimate of drug-likeness (QED) is 0.574. The van der Waals surface area contributed by atoms with Gasteiger partial charge in [0.2, 0.25) is 10.5 Å². The van der Waals surface area contributed by atoms with Gasteiger partial charge in [0.15, 0.2) is 0 Å². The van der Waals surface area contributed by atoms with Crippen molar-refractivity contribution in [2.24, 2.45) is 7.05 Å². The molecule has 0 unspecified atom stereocenters. The van der Waals surface area contributed by atoms with Crippen molar-refractivity contribution in [1.29, 1.82) is 0 Å². The van der Waals surface area contributed by atoms with Gasteiger partial charge in [0, 0.05) is 18.0 Å². The van der Waals surface area contributed by atoms with Gasteiger partial charge in [-0.25, -0.2) is 0 Å². The van der Waals surface area contributed by atoms with E-state index < -0.39 is 0 Å². The minimum atomic E-state index is 0.810. The molecule has 3 heteroatoms. The normalized spacial score (nSPS) is 10.9. The smallest absolute Gasteiger partial charge is 0.189 e. The average Bonchev–Trinajstić information content (AvgIpc) is 2.28. The van der Waals surface area contributed by atoms with Crippen molar-refractivity contribution < 1.29 is 4.57 Å². The first kappa shape index (κ1) is 8.02. The van der Waals surface area contributed by atoms with Crippen molar-refractivity contribution in [2.45, 2.75) is 6.92 Å². The Morgan fingerprint density at radius 1 is 1.42 bits per heavy atom. The van der Waals surface area contributed by atoms with Gasteiger partial charge >= 0.3 is 0 Å². The number of halogens is 1. The molecule has 0 amide bonds. The maximum absolute atomic E-state index is 5.88. The van der Waals surface area contributed by atoms with Gasteiger partial charge in [0.25, 0.3) is 0 Å². The van der Waals surface area contributed by atoms with Crippen molar-refractivity contribution in [3.63, 3.8) is 0 Å². The molecule has 0 aliphatic heterocycles. The van der Waals surface area contributed by atoms with Crippen molar-refractivity contribution >= 4 is 33.2 Å². The summed E-state index contributed by atoms with van der Waals surface area (Å²) in [7, 11) is 2.07. The van der Waals surface area contributed by atoms with Crippen LogP contribution >= 0.6 is 22.9 Å². The summed E-state index contributed by atoms with van der Waals surface area (Å²) in [6.45, 7) is 2.11. The second-order valence-electron chi connectivity index (χ2n) is 2.79. The largest absolute Gasteiger partial charge is 0.234 e. The molecule has 1 aromatic carbocycles. The Hall–Kier alpha value is -0.600. The Morgan fingerprint density at radius 3 is 2.92 bits per heavy atom. The standard InChI is InChI=1S/C9H9ClNS/c1-6-11(2)8-4-3-7(10)5-9(8)12-6/h3-5H,1-2H3/q+1.